The number of aromatic nitrogens is 1. The molecule has 9 heteroatoms. The average molecular weight is 280 g/mol. The lowest BCUT2D eigenvalue weighted by molar-refractivity contribution is 0.141. The molecule has 0 saturated heterocycles. The number of nitrogens with zero attached hydrogens (tertiary/aromatic N) is 1. The van der Waals surface area contributed by atoms with Crippen molar-refractivity contribution in [2.45, 2.75) is 11.5 Å². The van der Waals surface area contributed by atoms with Crippen molar-refractivity contribution >= 4 is 31.3 Å². The minimum absolute atomic E-state index is 0.595. The van der Waals surface area contributed by atoms with E-state index in [1.165, 1.54) is 0 Å². The largest absolute Gasteiger partial charge is 0.279 e. The number of pyridine rings is 1. The summed E-state index contributed by atoms with van der Waals surface area (Å²) in [7, 11) is 0.263. The first-order valence-corrected chi connectivity index (χ1v) is 6.00. The summed E-state index contributed by atoms with van der Waals surface area (Å²) < 4.78 is 59.3. The highest BCUT2D eigenvalue weighted by atomic mass is 35.7. The molecule has 0 fully saturated rings. The third-order valence-corrected chi connectivity index (χ3v) is 2.91. The Morgan fingerprint density at radius 1 is 1.40 bits per heavy atom. The molecule has 1 rings (SSSR count). The van der Waals surface area contributed by atoms with Crippen LogP contribution in [0.5, 0.6) is 0 Å². The van der Waals surface area contributed by atoms with Gasteiger partial charge >= 0.3 is 0 Å². The van der Waals surface area contributed by atoms with E-state index in [0.717, 1.165) is 0 Å². The highest BCUT2D eigenvalue weighted by molar-refractivity contribution is 8.13. The molecule has 0 aliphatic rings. The fraction of sp³-hybridized carbons (Fsp3) is 0.167. The molecule has 3 nitrogen and oxygen atoms in total. The summed E-state index contributed by atoms with van der Waals surface area (Å²) in [5, 5.41) is -1.92. The second kappa shape index (κ2) is 4.15. The zero-order valence-electron chi connectivity index (χ0n) is 6.72. The van der Waals surface area contributed by atoms with Crippen LogP contribution >= 0.6 is 22.3 Å². The van der Waals surface area contributed by atoms with Gasteiger partial charge in [-0.2, -0.15) is 0 Å². The Morgan fingerprint density at radius 3 is 2.33 bits per heavy atom. The zero-order chi connectivity index (χ0) is 11.8. The van der Waals surface area contributed by atoms with E-state index in [1.807, 2.05) is 0 Å². The van der Waals surface area contributed by atoms with Gasteiger partial charge in [0.2, 0.25) is 0 Å². The lowest BCUT2D eigenvalue weighted by atomic mass is 10.3. The lowest BCUT2D eigenvalue weighted by Crippen LogP contribution is -2.05. The van der Waals surface area contributed by atoms with Crippen LogP contribution in [0.2, 0.25) is 5.02 Å². The molecule has 0 radical (unpaired) electrons. The number of alkyl halides is 2. The van der Waals surface area contributed by atoms with Gasteiger partial charge in [-0.1, -0.05) is 11.6 Å². The van der Waals surface area contributed by atoms with Crippen LogP contribution in [-0.4, -0.2) is 13.4 Å². The van der Waals surface area contributed by atoms with Gasteiger partial charge in [-0.15, -0.1) is 0 Å². The third-order valence-electron chi connectivity index (χ3n) is 1.42. The molecule has 15 heavy (non-hydrogen) atoms. The molecule has 1 aromatic heterocycles. The monoisotopic (exact) mass is 279 g/mol. The fourth-order valence-corrected chi connectivity index (χ4v) is 1.99. The molecule has 0 amide bonds. The molecule has 0 spiro atoms. The molecule has 0 atom stereocenters. The van der Waals surface area contributed by atoms with Crippen LogP contribution < -0.4 is 0 Å². The maximum atomic E-state index is 13.1. The summed E-state index contributed by atoms with van der Waals surface area (Å²) in [5.74, 6) is -1.54. The SMILES string of the molecule is O=S(=O)(Cl)c1ncc(Cl)c(F)c1C(F)F. The second-order valence-corrected chi connectivity index (χ2v) is 5.27. The van der Waals surface area contributed by atoms with Crippen LogP contribution in [0, 0.1) is 5.82 Å². The molecule has 0 bridgehead atoms. The molecule has 0 saturated carbocycles. The molecule has 0 aromatic carbocycles. The standard InChI is InChI=1S/C6H2Cl2F3NO2S/c7-2-1-12-6(15(8,13)14)3(4(2)9)5(10)11/h1,5H. The Hall–Kier alpha value is -0.530. The van der Waals surface area contributed by atoms with E-state index in [4.69, 9.17) is 22.3 Å². The smallest absolute Gasteiger partial charge is 0.241 e. The summed E-state index contributed by atoms with van der Waals surface area (Å²) in [6.07, 6.45) is -2.78. The molecule has 0 aliphatic carbocycles. The van der Waals surface area contributed by atoms with E-state index in [0.29, 0.717) is 6.20 Å². The third kappa shape index (κ3) is 2.53. The van der Waals surface area contributed by atoms with Crippen LogP contribution in [0.1, 0.15) is 12.0 Å². The second-order valence-electron chi connectivity index (χ2n) is 2.38. The Kier molecular flexibility index (Phi) is 3.47. The van der Waals surface area contributed by atoms with Gasteiger partial charge in [-0.3, -0.25) is 0 Å². The van der Waals surface area contributed by atoms with Crippen molar-refractivity contribution < 1.29 is 21.6 Å². The molecule has 84 valence electrons. The minimum Gasteiger partial charge on any atom is -0.241 e. The van der Waals surface area contributed by atoms with Crippen LogP contribution in [-0.2, 0) is 9.05 Å². The van der Waals surface area contributed by atoms with Gasteiger partial charge in [0, 0.05) is 10.7 Å². The summed E-state index contributed by atoms with van der Waals surface area (Å²) in [6, 6.07) is 0. The van der Waals surface area contributed by atoms with Crippen LogP contribution in [0.3, 0.4) is 0 Å². The maximum Gasteiger partial charge on any atom is 0.279 e. The molecular weight excluding hydrogens is 278 g/mol. The normalized spacial score (nSPS) is 12.1. The predicted octanol–water partition coefficient (Wildman–Crippen LogP) is 2.74. The summed E-state index contributed by atoms with van der Waals surface area (Å²) >= 11 is 5.17. The first kappa shape index (κ1) is 12.5. The van der Waals surface area contributed by atoms with Crippen molar-refractivity contribution in [2.24, 2.45) is 0 Å². The molecular formula is C6H2Cl2F3NO2S. The predicted molar refractivity (Wildman–Crippen MR) is 47.2 cm³/mol. The molecule has 1 heterocycles. The van der Waals surface area contributed by atoms with Crippen LogP contribution in [0.15, 0.2) is 11.2 Å². The van der Waals surface area contributed by atoms with Gasteiger partial charge in [0.05, 0.1) is 16.8 Å². The van der Waals surface area contributed by atoms with E-state index < -0.39 is 36.9 Å². The Labute approximate surface area is 92.2 Å². The average Bonchev–Trinajstić information content (AvgIpc) is 2.06. The number of hydrogen-bond donors (Lipinski definition) is 0. The zero-order valence-corrected chi connectivity index (χ0v) is 9.04. The molecule has 1 aromatic rings. The molecule has 0 N–H and O–H groups in total. The minimum atomic E-state index is -4.54. The van der Waals surface area contributed by atoms with Crippen molar-refractivity contribution in [3.8, 4) is 0 Å². The summed E-state index contributed by atoms with van der Waals surface area (Å²) in [4.78, 5) is 3.06. The topological polar surface area (TPSA) is 47.0 Å². The van der Waals surface area contributed by atoms with Gasteiger partial charge in [-0.05, 0) is 0 Å². The summed E-state index contributed by atoms with van der Waals surface area (Å²) in [6.45, 7) is 0. The maximum absolute atomic E-state index is 13.1. The summed E-state index contributed by atoms with van der Waals surface area (Å²) in [5.41, 5.74) is -1.42. The van der Waals surface area contributed by atoms with Crippen molar-refractivity contribution in [3.63, 3.8) is 0 Å². The number of rotatable bonds is 2. The van der Waals surface area contributed by atoms with Gasteiger partial charge in [0.15, 0.2) is 10.8 Å². The number of halogens is 5. The van der Waals surface area contributed by atoms with Gasteiger partial charge in [0.1, 0.15) is 0 Å². The van der Waals surface area contributed by atoms with Crippen molar-refractivity contribution in [1.29, 1.82) is 0 Å². The van der Waals surface area contributed by atoms with Crippen molar-refractivity contribution in [2.75, 3.05) is 0 Å². The lowest BCUT2D eigenvalue weighted by Gasteiger charge is -2.06. The fourth-order valence-electron chi connectivity index (χ4n) is 0.847. The van der Waals surface area contributed by atoms with E-state index in [2.05, 4.69) is 4.98 Å². The van der Waals surface area contributed by atoms with Crippen LogP contribution in [0.25, 0.3) is 0 Å². The van der Waals surface area contributed by atoms with E-state index >= 15 is 0 Å². The van der Waals surface area contributed by atoms with Gasteiger partial charge in [0.25, 0.3) is 15.5 Å². The van der Waals surface area contributed by atoms with Crippen molar-refractivity contribution in [1.82, 2.24) is 4.98 Å². The Morgan fingerprint density at radius 2 is 1.93 bits per heavy atom. The first-order chi connectivity index (χ1) is 6.75. The van der Waals surface area contributed by atoms with E-state index in [9.17, 15) is 21.6 Å². The van der Waals surface area contributed by atoms with E-state index in [-0.39, 0.29) is 0 Å². The van der Waals surface area contributed by atoms with E-state index in [1.54, 1.807) is 0 Å². The van der Waals surface area contributed by atoms with Crippen molar-refractivity contribution in [3.05, 3.63) is 22.6 Å². The highest BCUT2D eigenvalue weighted by Crippen LogP contribution is 2.32. The molecule has 0 unspecified atom stereocenters. The quantitative estimate of drug-likeness (QED) is 0.782. The Bertz CT molecular complexity index is 491. The number of hydrogen-bond acceptors (Lipinski definition) is 3. The first-order valence-electron chi connectivity index (χ1n) is 3.32. The van der Waals surface area contributed by atoms with Gasteiger partial charge in [-0.25, -0.2) is 26.6 Å². The Balaban J connectivity index is 3.62. The van der Waals surface area contributed by atoms with Crippen LogP contribution in [0.4, 0.5) is 13.2 Å². The van der Waals surface area contributed by atoms with Gasteiger partial charge < -0.3 is 0 Å². The molecule has 0 aliphatic heterocycles. The highest BCUT2D eigenvalue weighted by Gasteiger charge is 2.28.